The molecule has 3 aromatic rings. The van der Waals surface area contributed by atoms with Crippen molar-refractivity contribution in [2.45, 2.75) is 68.3 Å². The lowest BCUT2D eigenvalue weighted by Crippen LogP contribution is -2.61. The summed E-state index contributed by atoms with van der Waals surface area (Å²) in [5.74, 6) is -2.27. The Morgan fingerprint density at radius 3 is 2.16 bits per heavy atom. The molecular weight excluding hydrogens is 592 g/mol. The zero-order valence-electron chi connectivity index (χ0n) is 23.3. The maximum Gasteiger partial charge on any atom is 0.238 e. The van der Waals surface area contributed by atoms with Crippen LogP contribution in [0, 0.1) is 0 Å². The number of aliphatic hydroxyl groups is 6. The lowest BCUT2D eigenvalue weighted by atomic mass is 9.98. The van der Waals surface area contributed by atoms with Crippen molar-refractivity contribution < 1.29 is 74.1 Å². The molecule has 0 radical (unpaired) electrons. The maximum absolute atomic E-state index is 12.9. The van der Waals surface area contributed by atoms with Gasteiger partial charge in [0.15, 0.2) is 23.5 Å². The molecule has 0 bridgehead atoms. The van der Waals surface area contributed by atoms with Gasteiger partial charge in [0, 0.05) is 17.7 Å². The molecule has 10 atom stereocenters. The minimum absolute atomic E-state index is 0.0973. The number of phenols is 2. The molecule has 16 heteroatoms. The van der Waals surface area contributed by atoms with Gasteiger partial charge in [-0.25, -0.2) is 0 Å². The average Bonchev–Trinajstić information content (AvgIpc) is 2.99. The first-order valence-corrected chi connectivity index (χ1v) is 13.4. The van der Waals surface area contributed by atoms with E-state index in [1.54, 1.807) is 0 Å². The average molecular weight is 625 g/mol. The number of aliphatic hydroxyl groups excluding tert-OH is 6. The van der Waals surface area contributed by atoms with E-state index in [1.807, 2.05) is 0 Å². The van der Waals surface area contributed by atoms with Crippen molar-refractivity contribution in [2.75, 3.05) is 13.7 Å². The molecule has 1 aromatic heterocycles. The van der Waals surface area contributed by atoms with Crippen LogP contribution in [0.4, 0.5) is 0 Å². The minimum Gasteiger partial charge on any atom is -0.507 e. The van der Waals surface area contributed by atoms with Crippen molar-refractivity contribution in [2.24, 2.45) is 0 Å². The van der Waals surface area contributed by atoms with Crippen LogP contribution >= 0.6 is 0 Å². The molecule has 3 heterocycles. The molecule has 240 valence electrons. The molecule has 0 aliphatic carbocycles. The third kappa shape index (κ3) is 5.74. The molecule has 0 saturated carbocycles. The highest BCUT2D eigenvalue weighted by atomic mass is 16.7. The van der Waals surface area contributed by atoms with Crippen LogP contribution in [0.1, 0.15) is 6.92 Å². The van der Waals surface area contributed by atoms with E-state index in [4.69, 9.17) is 28.1 Å². The monoisotopic (exact) mass is 624 g/mol. The first-order chi connectivity index (χ1) is 20.8. The highest BCUT2D eigenvalue weighted by molar-refractivity contribution is 5.88. The zero-order chi connectivity index (χ0) is 32.0. The molecule has 16 nitrogen and oxygen atoms in total. The largest absolute Gasteiger partial charge is 0.507 e. The number of hydrogen-bond acceptors (Lipinski definition) is 16. The van der Waals surface area contributed by atoms with Crippen LogP contribution < -0.4 is 14.9 Å². The molecule has 2 aromatic carbocycles. The third-order valence-electron chi connectivity index (χ3n) is 7.52. The van der Waals surface area contributed by atoms with E-state index < -0.39 is 90.3 Å². The van der Waals surface area contributed by atoms with Gasteiger partial charge < -0.3 is 74.1 Å². The van der Waals surface area contributed by atoms with Crippen LogP contribution in [-0.4, -0.2) is 121 Å². The van der Waals surface area contributed by atoms with Gasteiger partial charge in [0.25, 0.3) is 0 Å². The van der Waals surface area contributed by atoms with E-state index in [9.17, 15) is 50.8 Å². The molecular formula is C28H32O16. The van der Waals surface area contributed by atoms with E-state index in [0.717, 1.165) is 12.1 Å². The first kappa shape index (κ1) is 31.7. The normalized spacial score (nSPS) is 32.5. The van der Waals surface area contributed by atoms with Gasteiger partial charge in [0.05, 0.1) is 19.8 Å². The Morgan fingerprint density at radius 1 is 0.795 bits per heavy atom. The molecule has 5 rings (SSSR count). The molecule has 0 unspecified atom stereocenters. The van der Waals surface area contributed by atoms with Crippen LogP contribution in [0.5, 0.6) is 28.7 Å². The standard InChI is InChI=1S/C28H32O16/c1-9-18(31)21(34)24(37)27(41-9)40-8-16-19(32)22(35)25(38)28(44-16)42-11-6-13(30)17-15(7-11)43-26(23(36)20(17)33)10-3-4-14(39-2)12(29)5-10/h3-7,9,16,18-19,21-22,24-25,27-32,34-38H,8H2,1-2H3/t9-,16-,18-,19-,21-,22-,24+,25-,27+,28-/m0/s1. The predicted octanol–water partition coefficient (Wildman–Crippen LogP) is -1.38. The van der Waals surface area contributed by atoms with Crippen molar-refractivity contribution in [1.29, 1.82) is 0 Å². The lowest BCUT2D eigenvalue weighted by molar-refractivity contribution is -0.318. The topological polar surface area (TPSA) is 258 Å². The van der Waals surface area contributed by atoms with Gasteiger partial charge in [0.1, 0.15) is 65.2 Å². The van der Waals surface area contributed by atoms with Gasteiger partial charge in [0.2, 0.25) is 17.5 Å². The summed E-state index contributed by atoms with van der Waals surface area (Å²) in [5.41, 5.74) is -1.17. The second-order valence-electron chi connectivity index (χ2n) is 10.5. The number of aromatic hydroxyl groups is 3. The number of phenolic OH excluding ortho intramolecular Hbond substituents is 2. The SMILES string of the molecule is COc1ccc(-c2oc3cc(O[C@H]4O[C@@H](CO[C@@H]5O[C@@H](C)[C@H](O)[C@H](O)[C@H]5O)[C@H](O)[C@H](O)[C@@H]4O)cc(O)c3c(=O)c2O)cc1O. The number of methoxy groups -OCH3 is 1. The van der Waals surface area contributed by atoms with Crippen molar-refractivity contribution in [3.05, 3.63) is 40.6 Å². The van der Waals surface area contributed by atoms with Crippen LogP contribution in [0.3, 0.4) is 0 Å². The Morgan fingerprint density at radius 2 is 1.48 bits per heavy atom. The van der Waals surface area contributed by atoms with Crippen molar-refractivity contribution in [3.63, 3.8) is 0 Å². The highest BCUT2D eigenvalue weighted by Gasteiger charge is 2.47. The Balaban J connectivity index is 1.39. The smallest absolute Gasteiger partial charge is 0.238 e. The summed E-state index contributed by atoms with van der Waals surface area (Å²) >= 11 is 0. The van der Waals surface area contributed by atoms with Gasteiger partial charge in [-0.05, 0) is 25.1 Å². The quantitative estimate of drug-likeness (QED) is 0.147. The second kappa shape index (κ2) is 12.4. The summed E-state index contributed by atoms with van der Waals surface area (Å²) in [4.78, 5) is 12.9. The number of rotatable bonds is 7. The minimum atomic E-state index is -1.82. The molecule has 44 heavy (non-hydrogen) atoms. The van der Waals surface area contributed by atoms with Crippen molar-refractivity contribution in [1.82, 2.24) is 0 Å². The van der Waals surface area contributed by atoms with Gasteiger partial charge >= 0.3 is 0 Å². The van der Waals surface area contributed by atoms with Crippen LogP contribution in [0.25, 0.3) is 22.3 Å². The molecule has 2 fully saturated rings. The molecule has 0 amide bonds. The van der Waals surface area contributed by atoms with E-state index in [0.29, 0.717) is 0 Å². The maximum atomic E-state index is 12.9. The Hall–Kier alpha value is -3.71. The van der Waals surface area contributed by atoms with E-state index in [1.165, 1.54) is 32.2 Å². The number of fused-ring (bicyclic) bond motifs is 1. The van der Waals surface area contributed by atoms with Crippen molar-refractivity contribution in [3.8, 4) is 40.1 Å². The third-order valence-corrected chi connectivity index (χ3v) is 7.52. The van der Waals surface area contributed by atoms with Crippen LogP contribution in [0.15, 0.2) is 39.5 Å². The fraction of sp³-hybridized carbons (Fsp3) is 0.464. The number of ether oxygens (including phenoxy) is 5. The van der Waals surface area contributed by atoms with Gasteiger partial charge in [-0.2, -0.15) is 0 Å². The summed E-state index contributed by atoms with van der Waals surface area (Å²) in [6.07, 6.45) is -15.3. The molecule has 9 N–H and O–H groups in total. The van der Waals surface area contributed by atoms with E-state index in [-0.39, 0.29) is 34.2 Å². The van der Waals surface area contributed by atoms with Gasteiger partial charge in [-0.1, -0.05) is 0 Å². The Kier molecular flexibility index (Phi) is 8.90. The zero-order valence-corrected chi connectivity index (χ0v) is 23.3. The van der Waals surface area contributed by atoms with E-state index >= 15 is 0 Å². The summed E-state index contributed by atoms with van der Waals surface area (Å²) in [5, 5.41) is 92.3. The second-order valence-corrected chi connectivity index (χ2v) is 10.5. The predicted molar refractivity (Wildman–Crippen MR) is 145 cm³/mol. The highest BCUT2D eigenvalue weighted by Crippen LogP contribution is 2.39. The fourth-order valence-electron chi connectivity index (χ4n) is 4.99. The summed E-state index contributed by atoms with van der Waals surface area (Å²) in [7, 11) is 1.34. The summed E-state index contributed by atoms with van der Waals surface area (Å²) in [6.45, 7) is 0.912. The van der Waals surface area contributed by atoms with E-state index in [2.05, 4.69) is 0 Å². The summed E-state index contributed by atoms with van der Waals surface area (Å²) < 4.78 is 32.7. The Labute approximate surface area is 248 Å². The Bertz CT molecular complexity index is 1560. The molecule has 2 aliphatic heterocycles. The first-order valence-electron chi connectivity index (χ1n) is 13.4. The van der Waals surface area contributed by atoms with Crippen LogP contribution in [-0.2, 0) is 14.2 Å². The van der Waals surface area contributed by atoms with Crippen molar-refractivity contribution >= 4 is 11.0 Å². The molecule has 2 aliphatic rings. The van der Waals surface area contributed by atoms with Gasteiger partial charge in [-0.15, -0.1) is 0 Å². The lowest BCUT2D eigenvalue weighted by Gasteiger charge is -2.42. The molecule has 2 saturated heterocycles. The van der Waals surface area contributed by atoms with Crippen LogP contribution in [0.2, 0.25) is 0 Å². The number of benzene rings is 2. The molecule has 0 spiro atoms. The fourth-order valence-corrected chi connectivity index (χ4v) is 4.99. The summed E-state index contributed by atoms with van der Waals surface area (Å²) in [6, 6.07) is 6.08. The number of hydrogen-bond donors (Lipinski definition) is 9. The van der Waals surface area contributed by atoms with Gasteiger partial charge in [-0.3, -0.25) is 4.79 Å².